The molecule has 3 nitrogen and oxygen atoms in total. The molecule has 1 saturated carbocycles. The van der Waals surface area contributed by atoms with Gasteiger partial charge in [-0.05, 0) is 37.0 Å². The summed E-state index contributed by atoms with van der Waals surface area (Å²) >= 11 is 0. The molecule has 2 N–H and O–H groups in total. The number of hydrogen-bond acceptors (Lipinski definition) is 2. The molecule has 2 rings (SSSR count). The second-order valence-electron chi connectivity index (χ2n) is 5.24. The van der Waals surface area contributed by atoms with Crippen LogP contribution < -0.4 is 5.32 Å². The summed E-state index contributed by atoms with van der Waals surface area (Å²) in [7, 11) is 0. The molecule has 86 valence electrons. The van der Waals surface area contributed by atoms with Crippen LogP contribution >= 0.6 is 0 Å². The van der Waals surface area contributed by atoms with Gasteiger partial charge in [-0.25, -0.2) is 0 Å². The molecule has 1 aliphatic heterocycles. The van der Waals surface area contributed by atoms with E-state index in [1.165, 1.54) is 19.3 Å². The van der Waals surface area contributed by atoms with Crippen molar-refractivity contribution in [1.29, 1.82) is 0 Å². The first-order valence-corrected chi connectivity index (χ1v) is 6.11. The molecule has 2 aliphatic rings. The lowest BCUT2D eigenvalue weighted by atomic mass is 9.65. The van der Waals surface area contributed by atoms with E-state index < -0.39 is 5.97 Å². The SMILES string of the molecule is CCC1CCC2(CC1)CNCC2C(=O)O. The summed E-state index contributed by atoms with van der Waals surface area (Å²) in [5.41, 5.74) is 0.0809. The van der Waals surface area contributed by atoms with Crippen LogP contribution in [0.4, 0.5) is 0 Å². The van der Waals surface area contributed by atoms with Crippen LogP contribution in [-0.4, -0.2) is 24.2 Å². The van der Waals surface area contributed by atoms with Crippen LogP contribution in [0.3, 0.4) is 0 Å². The fraction of sp³-hybridized carbons (Fsp3) is 0.917. The summed E-state index contributed by atoms with van der Waals surface area (Å²) in [4.78, 5) is 11.2. The molecular formula is C12H21NO2. The average Bonchev–Trinajstić information content (AvgIpc) is 2.63. The van der Waals surface area contributed by atoms with Crippen LogP contribution in [-0.2, 0) is 4.79 Å². The van der Waals surface area contributed by atoms with Gasteiger partial charge in [0, 0.05) is 13.1 Å². The number of carboxylic acids is 1. The van der Waals surface area contributed by atoms with Gasteiger partial charge < -0.3 is 10.4 Å². The summed E-state index contributed by atoms with van der Waals surface area (Å²) in [5, 5.41) is 12.5. The molecule has 0 aromatic carbocycles. The molecule has 1 aliphatic carbocycles. The van der Waals surface area contributed by atoms with E-state index in [9.17, 15) is 9.90 Å². The van der Waals surface area contributed by atoms with Gasteiger partial charge in [0.05, 0.1) is 5.92 Å². The van der Waals surface area contributed by atoms with Gasteiger partial charge in [-0.15, -0.1) is 0 Å². The van der Waals surface area contributed by atoms with E-state index in [2.05, 4.69) is 12.2 Å². The van der Waals surface area contributed by atoms with Crippen LogP contribution in [0.2, 0.25) is 0 Å². The number of carbonyl (C=O) groups is 1. The van der Waals surface area contributed by atoms with Crippen LogP contribution in [0.5, 0.6) is 0 Å². The lowest BCUT2D eigenvalue weighted by Crippen LogP contribution is -2.38. The van der Waals surface area contributed by atoms with Crippen molar-refractivity contribution in [3.05, 3.63) is 0 Å². The molecule has 1 heterocycles. The fourth-order valence-electron chi connectivity index (χ4n) is 3.34. The van der Waals surface area contributed by atoms with E-state index in [0.717, 1.165) is 25.3 Å². The molecular weight excluding hydrogens is 190 g/mol. The van der Waals surface area contributed by atoms with Crippen molar-refractivity contribution in [2.45, 2.75) is 39.0 Å². The quantitative estimate of drug-likeness (QED) is 0.733. The zero-order valence-electron chi connectivity index (χ0n) is 9.46. The third kappa shape index (κ3) is 1.89. The smallest absolute Gasteiger partial charge is 0.308 e. The normalized spacial score (nSPS) is 40.9. The zero-order chi connectivity index (χ0) is 10.9. The fourth-order valence-corrected chi connectivity index (χ4v) is 3.34. The Morgan fingerprint density at radius 2 is 2.13 bits per heavy atom. The summed E-state index contributed by atoms with van der Waals surface area (Å²) in [5.74, 6) is 0.0934. The van der Waals surface area contributed by atoms with Gasteiger partial charge in [-0.2, -0.15) is 0 Å². The number of nitrogens with one attached hydrogen (secondary N) is 1. The van der Waals surface area contributed by atoms with Crippen molar-refractivity contribution in [2.24, 2.45) is 17.3 Å². The molecule has 1 unspecified atom stereocenters. The van der Waals surface area contributed by atoms with Crippen LogP contribution in [0.1, 0.15) is 39.0 Å². The molecule has 0 bridgehead atoms. The Hall–Kier alpha value is -0.570. The highest BCUT2D eigenvalue weighted by atomic mass is 16.4. The lowest BCUT2D eigenvalue weighted by Gasteiger charge is -2.39. The third-order valence-corrected chi connectivity index (χ3v) is 4.54. The van der Waals surface area contributed by atoms with Crippen LogP contribution in [0.15, 0.2) is 0 Å². The predicted molar refractivity (Wildman–Crippen MR) is 58.7 cm³/mol. The molecule has 0 amide bonds. The van der Waals surface area contributed by atoms with E-state index in [1.807, 2.05) is 0 Å². The molecule has 1 spiro atoms. The van der Waals surface area contributed by atoms with Crippen molar-refractivity contribution >= 4 is 5.97 Å². The van der Waals surface area contributed by atoms with Crippen molar-refractivity contribution < 1.29 is 9.90 Å². The third-order valence-electron chi connectivity index (χ3n) is 4.54. The van der Waals surface area contributed by atoms with Crippen molar-refractivity contribution in [3.63, 3.8) is 0 Å². The molecule has 1 saturated heterocycles. The van der Waals surface area contributed by atoms with Crippen molar-refractivity contribution in [3.8, 4) is 0 Å². The summed E-state index contributed by atoms with van der Waals surface area (Å²) in [6, 6.07) is 0. The topological polar surface area (TPSA) is 49.3 Å². The number of rotatable bonds is 2. The Morgan fingerprint density at radius 3 is 2.67 bits per heavy atom. The van der Waals surface area contributed by atoms with Gasteiger partial charge in [0.1, 0.15) is 0 Å². The largest absolute Gasteiger partial charge is 0.481 e. The summed E-state index contributed by atoms with van der Waals surface area (Å²) < 4.78 is 0. The minimum atomic E-state index is -0.602. The van der Waals surface area contributed by atoms with E-state index >= 15 is 0 Å². The Bertz CT molecular complexity index is 244. The van der Waals surface area contributed by atoms with E-state index in [1.54, 1.807) is 0 Å². The van der Waals surface area contributed by atoms with Crippen LogP contribution in [0.25, 0.3) is 0 Å². The minimum Gasteiger partial charge on any atom is -0.481 e. The second-order valence-corrected chi connectivity index (χ2v) is 5.24. The molecule has 15 heavy (non-hydrogen) atoms. The highest BCUT2D eigenvalue weighted by Crippen LogP contribution is 2.47. The first-order chi connectivity index (χ1) is 7.18. The molecule has 2 fully saturated rings. The maximum atomic E-state index is 11.2. The number of hydrogen-bond donors (Lipinski definition) is 2. The predicted octanol–water partition coefficient (Wildman–Crippen LogP) is 1.88. The number of aliphatic carboxylic acids is 1. The maximum Gasteiger partial charge on any atom is 0.308 e. The standard InChI is InChI=1S/C12H21NO2/c1-2-9-3-5-12(6-4-9)8-13-7-10(12)11(14)15/h9-10,13H,2-8H2,1H3,(H,14,15). The maximum absolute atomic E-state index is 11.2. The Morgan fingerprint density at radius 1 is 1.47 bits per heavy atom. The highest BCUT2D eigenvalue weighted by molar-refractivity contribution is 5.72. The summed E-state index contributed by atoms with van der Waals surface area (Å²) in [6.45, 7) is 3.83. The van der Waals surface area contributed by atoms with Gasteiger partial charge >= 0.3 is 5.97 Å². The monoisotopic (exact) mass is 211 g/mol. The van der Waals surface area contributed by atoms with E-state index in [4.69, 9.17) is 0 Å². The van der Waals surface area contributed by atoms with Gasteiger partial charge in [0.15, 0.2) is 0 Å². The zero-order valence-corrected chi connectivity index (χ0v) is 9.46. The first kappa shape index (κ1) is 10.9. The van der Waals surface area contributed by atoms with E-state index in [-0.39, 0.29) is 11.3 Å². The van der Waals surface area contributed by atoms with Gasteiger partial charge in [-0.1, -0.05) is 13.3 Å². The highest BCUT2D eigenvalue weighted by Gasteiger charge is 2.48. The molecule has 1 atom stereocenters. The molecule has 0 radical (unpaired) electrons. The van der Waals surface area contributed by atoms with Gasteiger partial charge in [0.25, 0.3) is 0 Å². The van der Waals surface area contributed by atoms with E-state index in [0.29, 0.717) is 6.54 Å². The number of carboxylic acid groups (broad SMARTS) is 1. The average molecular weight is 211 g/mol. The van der Waals surface area contributed by atoms with Crippen LogP contribution in [0, 0.1) is 17.3 Å². The Labute approximate surface area is 91.2 Å². The lowest BCUT2D eigenvalue weighted by molar-refractivity contribution is -0.145. The van der Waals surface area contributed by atoms with Gasteiger partial charge in [0.2, 0.25) is 0 Å². The van der Waals surface area contributed by atoms with Crippen molar-refractivity contribution in [1.82, 2.24) is 5.32 Å². The summed E-state index contributed by atoms with van der Waals surface area (Å²) in [6.07, 6.45) is 5.91. The molecule has 0 aromatic rings. The molecule has 0 aromatic heterocycles. The van der Waals surface area contributed by atoms with Gasteiger partial charge in [-0.3, -0.25) is 4.79 Å². The molecule has 3 heteroatoms. The van der Waals surface area contributed by atoms with Crippen molar-refractivity contribution in [2.75, 3.05) is 13.1 Å². The Balaban J connectivity index is 2.04. The second kappa shape index (κ2) is 4.12. The minimum absolute atomic E-state index is 0.0809. The first-order valence-electron chi connectivity index (χ1n) is 6.11. The Kier molecular flexibility index (Phi) is 3.01.